The van der Waals surface area contributed by atoms with Gasteiger partial charge in [-0.15, -0.1) is 0 Å². The van der Waals surface area contributed by atoms with Gasteiger partial charge in [0.05, 0.1) is 0 Å². The van der Waals surface area contributed by atoms with Crippen LogP contribution in [0.5, 0.6) is 11.5 Å². The molecule has 0 fully saturated rings. The zero-order chi connectivity index (χ0) is 16.4. The molecule has 0 saturated carbocycles. The van der Waals surface area contributed by atoms with E-state index in [4.69, 9.17) is 4.74 Å². The molecule has 3 rings (SSSR count). The molecule has 0 bridgehead atoms. The van der Waals surface area contributed by atoms with Crippen LogP contribution in [0.1, 0.15) is 30.9 Å². The van der Waals surface area contributed by atoms with Crippen LogP contribution in [0, 0.1) is 0 Å². The van der Waals surface area contributed by atoms with E-state index in [-0.39, 0.29) is 11.9 Å². The normalized spacial score (nSPS) is 12.1. The zero-order valence-electron chi connectivity index (χ0n) is 13.1. The van der Waals surface area contributed by atoms with Gasteiger partial charge in [0.2, 0.25) is 0 Å². The second kappa shape index (κ2) is 6.13. The Morgan fingerprint density at radius 1 is 1.00 bits per heavy atom. The molecule has 0 aliphatic rings. The van der Waals surface area contributed by atoms with E-state index >= 15 is 0 Å². The molecule has 0 aliphatic heterocycles. The minimum Gasteiger partial charge on any atom is -0.508 e. The highest BCUT2D eigenvalue weighted by atomic mass is 16.5. The number of ether oxygens (including phenoxy) is 1. The number of fused-ring (bicyclic) bond motifs is 1. The maximum atomic E-state index is 11.0. The first-order chi connectivity index (χ1) is 11.1. The molecule has 3 aromatic carbocycles. The van der Waals surface area contributed by atoms with Crippen LogP contribution in [-0.4, -0.2) is 11.1 Å². The monoisotopic (exact) mass is 306 g/mol. The van der Waals surface area contributed by atoms with Crippen molar-refractivity contribution >= 4 is 16.7 Å². The highest BCUT2D eigenvalue weighted by molar-refractivity contribution is 5.88. The number of phenols is 1. The maximum Gasteiger partial charge on any atom is 0.308 e. The summed E-state index contributed by atoms with van der Waals surface area (Å²) < 4.78 is 5.06. The van der Waals surface area contributed by atoms with Gasteiger partial charge in [-0.1, -0.05) is 49.4 Å². The van der Waals surface area contributed by atoms with Gasteiger partial charge in [0, 0.05) is 18.4 Å². The fraction of sp³-hybridized carbons (Fsp3) is 0.150. The Morgan fingerprint density at radius 3 is 2.39 bits per heavy atom. The molecule has 0 amide bonds. The lowest BCUT2D eigenvalue weighted by atomic mass is 9.88. The van der Waals surface area contributed by atoms with Gasteiger partial charge in [-0.05, 0) is 34.5 Å². The Morgan fingerprint density at radius 2 is 1.70 bits per heavy atom. The summed E-state index contributed by atoms with van der Waals surface area (Å²) in [5, 5.41) is 12.5. The second-order valence-electron chi connectivity index (χ2n) is 5.60. The first-order valence-corrected chi connectivity index (χ1v) is 7.55. The van der Waals surface area contributed by atoms with Crippen LogP contribution < -0.4 is 4.74 Å². The fourth-order valence-electron chi connectivity index (χ4n) is 2.90. The Kier molecular flexibility index (Phi) is 4.02. The summed E-state index contributed by atoms with van der Waals surface area (Å²) >= 11 is 0. The highest BCUT2D eigenvalue weighted by Crippen LogP contribution is 2.37. The molecule has 0 aliphatic carbocycles. The van der Waals surface area contributed by atoms with Gasteiger partial charge in [0.15, 0.2) is 0 Å². The smallest absolute Gasteiger partial charge is 0.308 e. The van der Waals surface area contributed by atoms with Crippen LogP contribution in [0.25, 0.3) is 10.8 Å². The number of carbonyl (C=O) groups excluding carboxylic acids is 1. The van der Waals surface area contributed by atoms with Crippen molar-refractivity contribution in [2.45, 2.75) is 19.8 Å². The minimum atomic E-state index is -0.336. The van der Waals surface area contributed by atoms with Crippen molar-refractivity contribution < 1.29 is 14.6 Å². The number of hydrogen-bond donors (Lipinski definition) is 1. The van der Waals surface area contributed by atoms with E-state index in [2.05, 4.69) is 6.92 Å². The average Bonchev–Trinajstić information content (AvgIpc) is 2.54. The molecule has 0 aromatic heterocycles. The molecule has 0 radical (unpaired) electrons. The first kappa shape index (κ1) is 15.1. The van der Waals surface area contributed by atoms with Gasteiger partial charge in [0.25, 0.3) is 0 Å². The van der Waals surface area contributed by atoms with Crippen molar-refractivity contribution in [3.8, 4) is 11.5 Å². The van der Waals surface area contributed by atoms with Gasteiger partial charge in [-0.3, -0.25) is 4.79 Å². The predicted molar refractivity (Wildman–Crippen MR) is 90.9 cm³/mol. The first-order valence-electron chi connectivity index (χ1n) is 7.55. The standard InChI is InChI=1S/C20H18O3/c1-13(15-7-10-17(11-8-15)23-14(2)21)20-18-6-4-3-5-16(18)9-12-19(20)22/h3-13,22H,1-2H3. The Bertz CT molecular complexity index is 850. The van der Waals surface area contributed by atoms with Gasteiger partial charge in [-0.25, -0.2) is 0 Å². The second-order valence-corrected chi connectivity index (χ2v) is 5.60. The predicted octanol–water partition coefficient (Wildman–Crippen LogP) is 4.62. The van der Waals surface area contributed by atoms with Crippen molar-refractivity contribution in [2.24, 2.45) is 0 Å². The van der Waals surface area contributed by atoms with Crippen LogP contribution in [0.3, 0.4) is 0 Å². The van der Waals surface area contributed by atoms with Gasteiger partial charge in [0.1, 0.15) is 11.5 Å². The molecule has 0 spiro atoms. The van der Waals surface area contributed by atoms with Crippen LogP contribution in [-0.2, 0) is 4.79 Å². The van der Waals surface area contributed by atoms with Gasteiger partial charge < -0.3 is 9.84 Å². The minimum absolute atomic E-state index is 0.0208. The van der Waals surface area contributed by atoms with Crippen LogP contribution >= 0.6 is 0 Å². The van der Waals surface area contributed by atoms with Crippen molar-refractivity contribution in [3.63, 3.8) is 0 Å². The summed E-state index contributed by atoms with van der Waals surface area (Å²) in [6.07, 6.45) is 0. The van der Waals surface area contributed by atoms with E-state index in [1.54, 1.807) is 18.2 Å². The molecule has 1 unspecified atom stereocenters. The SMILES string of the molecule is CC(=O)Oc1ccc(C(C)c2c(O)ccc3ccccc23)cc1. The van der Waals surface area contributed by atoms with Gasteiger partial charge >= 0.3 is 5.97 Å². The molecule has 0 heterocycles. The highest BCUT2D eigenvalue weighted by Gasteiger charge is 2.16. The molecule has 0 saturated heterocycles. The van der Waals surface area contributed by atoms with E-state index in [0.29, 0.717) is 11.5 Å². The largest absolute Gasteiger partial charge is 0.508 e. The third-order valence-electron chi connectivity index (χ3n) is 4.02. The average molecular weight is 306 g/mol. The topological polar surface area (TPSA) is 46.5 Å². The van der Waals surface area contributed by atoms with Crippen LogP contribution in [0.15, 0.2) is 60.7 Å². The molecular formula is C20H18O3. The molecule has 3 nitrogen and oxygen atoms in total. The molecule has 3 aromatic rings. The lowest BCUT2D eigenvalue weighted by molar-refractivity contribution is -0.131. The molecule has 1 N–H and O–H groups in total. The number of rotatable bonds is 3. The van der Waals surface area contributed by atoms with Crippen molar-refractivity contribution in [2.75, 3.05) is 0 Å². The summed E-state index contributed by atoms with van der Waals surface area (Å²) in [5.41, 5.74) is 1.95. The van der Waals surface area contributed by atoms with E-state index in [9.17, 15) is 9.90 Å². The maximum absolute atomic E-state index is 11.0. The molecular weight excluding hydrogens is 288 g/mol. The number of carbonyl (C=O) groups is 1. The summed E-state index contributed by atoms with van der Waals surface area (Å²) in [5.74, 6) is 0.501. The fourth-order valence-corrected chi connectivity index (χ4v) is 2.90. The molecule has 23 heavy (non-hydrogen) atoms. The summed E-state index contributed by atoms with van der Waals surface area (Å²) in [6.45, 7) is 3.44. The third kappa shape index (κ3) is 3.04. The Hall–Kier alpha value is -2.81. The van der Waals surface area contributed by atoms with Crippen LogP contribution in [0.4, 0.5) is 0 Å². The summed E-state index contributed by atoms with van der Waals surface area (Å²) in [7, 11) is 0. The lowest BCUT2D eigenvalue weighted by Crippen LogP contribution is -2.02. The summed E-state index contributed by atoms with van der Waals surface area (Å²) in [4.78, 5) is 11.0. The number of benzene rings is 3. The lowest BCUT2D eigenvalue weighted by Gasteiger charge is -2.17. The number of esters is 1. The molecule has 3 heteroatoms. The van der Waals surface area contributed by atoms with E-state index < -0.39 is 0 Å². The number of hydrogen-bond acceptors (Lipinski definition) is 3. The van der Waals surface area contributed by atoms with E-state index in [1.165, 1.54) is 6.92 Å². The van der Waals surface area contributed by atoms with E-state index in [0.717, 1.165) is 21.9 Å². The van der Waals surface area contributed by atoms with E-state index in [1.807, 2.05) is 42.5 Å². The number of phenolic OH excluding ortho intramolecular Hbond substituents is 1. The Labute approximate surface area is 135 Å². The van der Waals surface area contributed by atoms with Crippen molar-refractivity contribution in [1.29, 1.82) is 0 Å². The molecule has 1 atom stereocenters. The third-order valence-corrected chi connectivity index (χ3v) is 4.02. The van der Waals surface area contributed by atoms with Crippen LogP contribution in [0.2, 0.25) is 0 Å². The quantitative estimate of drug-likeness (QED) is 0.567. The zero-order valence-corrected chi connectivity index (χ0v) is 13.1. The number of aromatic hydroxyl groups is 1. The Balaban J connectivity index is 2.01. The van der Waals surface area contributed by atoms with Crippen molar-refractivity contribution in [3.05, 3.63) is 71.8 Å². The molecule has 116 valence electrons. The van der Waals surface area contributed by atoms with Gasteiger partial charge in [-0.2, -0.15) is 0 Å². The van der Waals surface area contributed by atoms with Crippen molar-refractivity contribution in [1.82, 2.24) is 0 Å². The summed E-state index contributed by atoms with van der Waals surface area (Å²) in [6, 6.07) is 19.1.